The zero-order valence-corrected chi connectivity index (χ0v) is 11.0. The number of amides is 1. The van der Waals surface area contributed by atoms with Gasteiger partial charge in [-0.3, -0.25) is 4.79 Å². The highest BCUT2D eigenvalue weighted by molar-refractivity contribution is 5.68. The summed E-state index contributed by atoms with van der Waals surface area (Å²) in [6.07, 6.45) is 0.186. The minimum atomic E-state index is -0.838. The highest BCUT2D eigenvalue weighted by Crippen LogP contribution is 2.14. The van der Waals surface area contributed by atoms with Gasteiger partial charge in [-0.2, -0.15) is 0 Å². The van der Waals surface area contributed by atoms with Crippen LogP contribution in [0.1, 0.15) is 40.5 Å². The highest BCUT2D eigenvalue weighted by Gasteiger charge is 2.16. The molecule has 0 radical (unpaired) electrons. The number of carboxylic acid groups (broad SMARTS) is 1. The standard InChI is InChI=1S/C12H23NO4/c1-8(2)5-10(6-11(14)15)7-13-12(16)17-9(3)4/h8-10H,5-7H2,1-4H3,(H,13,16)(H,14,15)/t10-/m0/s1. The first-order valence-electron chi connectivity index (χ1n) is 5.97. The first-order chi connectivity index (χ1) is 7.81. The van der Waals surface area contributed by atoms with Crippen molar-refractivity contribution in [2.24, 2.45) is 11.8 Å². The molecule has 0 aromatic heterocycles. The third kappa shape index (κ3) is 9.66. The number of carbonyl (C=O) groups excluding carboxylic acids is 1. The molecule has 0 aromatic rings. The van der Waals surface area contributed by atoms with Crippen LogP contribution in [0, 0.1) is 11.8 Å². The van der Waals surface area contributed by atoms with Crippen molar-refractivity contribution >= 4 is 12.1 Å². The van der Waals surface area contributed by atoms with Gasteiger partial charge >= 0.3 is 12.1 Å². The normalized spacial score (nSPS) is 12.6. The maximum Gasteiger partial charge on any atom is 0.407 e. The summed E-state index contributed by atoms with van der Waals surface area (Å²) in [6.45, 7) is 7.93. The van der Waals surface area contributed by atoms with Crippen LogP contribution in [0.5, 0.6) is 0 Å². The van der Waals surface area contributed by atoms with E-state index in [-0.39, 0.29) is 18.4 Å². The van der Waals surface area contributed by atoms with E-state index in [0.29, 0.717) is 12.5 Å². The lowest BCUT2D eigenvalue weighted by atomic mass is 9.94. The molecule has 0 rings (SSSR count). The molecule has 0 spiro atoms. The number of carboxylic acids is 1. The minimum Gasteiger partial charge on any atom is -0.481 e. The monoisotopic (exact) mass is 245 g/mol. The summed E-state index contributed by atoms with van der Waals surface area (Å²) < 4.78 is 4.91. The maximum absolute atomic E-state index is 11.2. The number of alkyl carbamates (subject to hydrolysis) is 1. The second kappa shape index (κ2) is 7.92. The molecule has 0 heterocycles. The second-order valence-corrected chi connectivity index (χ2v) is 4.93. The van der Waals surface area contributed by atoms with Crippen molar-refractivity contribution in [1.29, 1.82) is 0 Å². The molecule has 0 aliphatic carbocycles. The molecule has 1 atom stereocenters. The number of hydrogen-bond acceptors (Lipinski definition) is 3. The molecular formula is C12H23NO4. The molecule has 0 bridgehead atoms. The molecule has 0 saturated heterocycles. The van der Waals surface area contributed by atoms with E-state index in [0.717, 1.165) is 6.42 Å². The van der Waals surface area contributed by atoms with Crippen LogP contribution in [0.4, 0.5) is 4.79 Å². The first kappa shape index (κ1) is 15.7. The van der Waals surface area contributed by atoms with Crippen molar-refractivity contribution in [2.45, 2.75) is 46.6 Å². The Morgan fingerprint density at radius 2 is 1.82 bits per heavy atom. The Morgan fingerprint density at radius 3 is 2.24 bits per heavy atom. The quantitative estimate of drug-likeness (QED) is 0.721. The van der Waals surface area contributed by atoms with Crippen molar-refractivity contribution < 1.29 is 19.4 Å². The number of ether oxygens (including phenoxy) is 1. The summed E-state index contributed by atoms with van der Waals surface area (Å²) in [4.78, 5) is 21.9. The van der Waals surface area contributed by atoms with Gasteiger partial charge in [-0.1, -0.05) is 13.8 Å². The molecule has 5 heteroatoms. The summed E-state index contributed by atoms with van der Waals surface area (Å²) >= 11 is 0. The summed E-state index contributed by atoms with van der Waals surface area (Å²) in [5.74, 6) is -0.482. The number of hydrogen-bond donors (Lipinski definition) is 2. The molecule has 0 aliphatic rings. The summed E-state index contributed by atoms with van der Waals surface area (Å²) in [7, 11) is 0. The second-order valence-electron chi connectivity index (χ2n) is 4.93. The van der Waals surface area contributed by atoms with Gasteiger partial charge in [0, 0.05) is 13.0 Å². The van der Waals surface area contributed by atoms with E-state index >= 15 is 0 Å². The van der Waals surface area contributed by atoms with Crippen LogP contribution < -0.4 is 5.32 Å². The van der Waals surface area contributed by atoms with E-state index < -0.39 is 12.1 Å². The molecule has 0 aromatic carbocycles. The molecule has 2 N–H and O–H groups in total. The van der Waals surface area contributed by atoms with Gasteiger partial charge in [0.25, 0.3) is 0 Å². The average molecular weight is 245 g/mol. The van der Waals surface area contributed by atoms with Crippen LogP contribution >= 0.6 is 0 Å². The number of rotatable bonds is 7. The lowest BCUT2D eigenvalue weighted by Gasteiger charge is -2.18. The van der Waals surface area contributed by atoms with Crippen LogP contribution in [0.2, 0.25) is 0 Å². The fourth-order valence-electron chi connectivity index (χ4n) is 1.64. The molecule has 5 nitrogen and oxygen atoms in total. The smallest absolute Gasteiger partial charge is 0.407 e. The van der Waals surface area contributed by atoms with Gasteiger partial charge in [-0.15, -0.1) is 0 Å². The van der Waals surface area contributed by atoms with Crippen LogP contribution in [-0.2, 0) is 9.53 Å². The van der Waals surface area contributed by atoms with Crippen LogP contribution in [-0.4, -0.2) is 29.8 Å². The van der Waals surface area contributed by atoms with Crippen molar-refractivity contribution in [1.82, 2.24) is 5.32 Å². The Kier molecular flexibility index (Phi) is 7.34. The van der Waals surface area contributed by atoms with Gasteiger partial charge in [-0.25, -0.2) is 4.79 Å². The zero-order valence-electron chi connectivity index (χ0n) is 11.0. The molecular weight excluding hydrogens is 222 g/mol. The first-order valence-corrected chi connectivity index (χ1v) is 5.97. The Balaban J connectivity index is 4.06. The lowest BCUT2D eigenvalue weighted by Crippen LogP contribution is -2.32. The zero-order chi connectivity index (χ0) is 13.4. The molecule has 0 unspecified atom stereocenters. The third-order valence-electron chi connectivity index (χ3n) is 2.15. The summed E-state index contributed by atoms with van der Waals surface area (Å²) in [6, 6.07) is 0. The van der Waals surface area contributed by atoms with E-state index in [4.69, 9.17) is 9.84 Å². The van der Waals surface area contributed by atoms with Gasteiger partial charge in [-0.05, 0) is 32.1 Å². The van der Waals surface area contributed by atoms with E-state index in [1.165, 1.54) is 0 Å². The number of nitrogens with one attached hydrogen (secondary N) is 1. The average Bonchev–Trinajstić information content (AvgIpc) is 2.11. The fourth-order valence-corrected chi connectivity index (χ4v) is 1.64. The molecule has 17 heavy (non-hydrogen) atoms. The predicted octanol–water partition coefficient (Wildman–Crippen LogP) is 2.26. The van der Waals surface area contributed by atoms with Gasteiger partial charge < -0.3 is 15.2 Å². The molecule has 0 saturated carbocycles. The van der Waals surface area contributed by atoms with Crippen LogP contribution in [0.3, 0.4) is 0 Å². The van der Waals surface area contributed by atoms with Gasteiger partial charge in [0.05, 0.1) is 6.10 Å². The molecule has 1 amide bonds. The Bertz CT molecular complexity index is 251. The van der Waals surface area contributed by atoms with Crippen LogP contribution in [0.25, 0.3) is 0 Å². The molecule has 100 valence electrons. The summed E-state index contributed by atoms with van der Waals surface area (Å²) in [5, 5.41) is 11.4. The predicted molar refractivity (Wildman–Crippen MR) is 64.8 cm³/mol. The Hall–Kier alpha value is -1.26. The number of carbonyl (C=O) groups is 2. The highest BCUT2D eigenvalue weighted by atomic mass is 16.6. The minimum absolute atomic E-state index is 0.0489. The topological polar surface area (TPSA) is 75.6 Å². The third-order valence-corrected chi connectivity index (χ3v) is 2.15. The van der Waals surface area contributed by atoms with Crippen LogP contribution in [0.15, 0.2) is 0 Å². The van der Waals surface area contributed by atoms with Crippen molar-refractivity contribution in [3.63, 3.8) is 0 Å². The lowest BCUT2D eigenvalue weighted by molar-refractivity contribution is -0.138. The molecule has 0 aliphatic heterocycles. The maximum atomic E-state index is 11.2. The van der Waals surface area contributed by atoms with Crippen molar-refractivity contribution in [3.05, 3.63) is 0 Å². The van der Waals surface area contributed by atoms with Gasteiger partial charge in [0.2, 0.25) is 0 Å². The fraction of sp³-hybridized carbons (Fsp3) is 0.833. The van der Waals surface area contributed by atoms with Gasteiger partial charge in [0.1, 0.15) is 0 Å². The van der Waals surface area contributed by atoms with Crippen molar-refractivity contribution in [3.8, 4) is 0 Å². The number of aliphatic carboxylic acids is 1. The van der Waals surface area contributed by atoms with E-state index in [9.17, 15) is 9.59 Å². The molecule has 0 fully saturated rings. The van der Waals surface area contributed by atoms with Crippen molar-refractivity contribution in [2.75, 3.05) is 6.54 Å². The largest absolute Gasteiger partial charge is 0.481 e. The van der Waals surface area contributed by atoms with Gasteiger partial charge in [0.15, 0.2) is 0 Å². The Labute approximate surface area is 103 Å². The van der Waals surface area contributed by atoms with E-state index in [2.05, 4.69) is 5.32 Å². The SMILES string of the molecule is CC(C)C[C@H](CNC(=O)OC(C)C)CC(=O)O. The Morgan fingerprint density at radius 1 is 1.24 bits per heavy atom. The van der Waals surface area contributed by atoms with E-state index in [1.54, 1.807) is 13.8 Å². The van der Waals surface area contributed by atoms with E-state index in [1.807, 2.05) is 13.8 Å². The summed E-state index contributed by atoms with van der Waals surface area (Å²) in [5.41, 5.74) is 0.